The van der Waals surface area contributed by atoms with E-state index in [1.165, 1.54) is 0 Å². The van der Waals surface area contributed by atoms with Gasteiger partial charge >= 0.3 is 0 Å². The van der Waals surface area contributed by atoms with Gasteiger partial charge in [-0.05, 0) is 24.9 Å². The first-order chi connectivity index (χ1) is 9.27. The Bertz CT molecular complexity index is 529. The normalized spacial score (nSPS) is 23.4. The highest BCUT2D eigenvalue weighted by molar-refractivity contribution is 5.62. The Balaban J connectivity index is 1.84. The topological polar surface area (TPSA) is 60.9 Å². The average molecular weight is 257 g/mol. The second kappa shape index (κ2) is 5.15. The number of H-pyrrole nitrogens is 1. The van der Waals surface area contributed by atoms with Crippen molar-refractivity contribution in [3.05, 3.63) is 42.1 Å². The molecule has 0 amide bonds. The van der Waals surface area contributed by atoms with Crippen LogP contribution >= 0.6 is 0 Å². The maximum atomic E-state index is 10.6. The van der Waals surface area contributed by atoms with Crippen molar-refractivity contribution >= 4 is 0 Å². The summed E-state index contributed by atoms with van der Waals surface area (Å²) in [7, 11) is 0. The monoisotopic (exact) mass is 257 g/mol. The molecule has 2 aromatic rings. The number of aromatic amines is 1. The molecule has 0 radical (unpaired) electrons. The zero-order valence-corrected chi connectivity index (χ0v) is 10.9. The van der Waals surface area contributed by atoms with Crippen LogP contribution in [-0.2, 0) is 6.42 Å². The van der Waals surface area contributed by atoms with Crippen molar-refractivity contribution in [1.82, 2.24) is 15.5 Å². The van der Waals surface area contributed by atoms with Gasteiger partial charge in [0.15, 0.2) is 0 Å². The lowest BCUT2D eigenvalue weighted by molar-refractivity contribution is 0.0170. The van der Waals surface area contributed by atoms with Crippen LogP contribution in [0.3, 0.4) is 0 Å². The van der Waals surface area contributed by atoms with Crippen LogP contribution < -0.4 is 5.32 Å². The number of aromatic nitrogens is 2. The summed E-state index contributed by atoms with van der Waals surface area (Å²) >= 11 is 0. The lowest BCUT2D eigenvalue weighted by Gasteiger charge is -2.32. The molecule has 19 heavy (non-hydrogen) atoms. The predicted octanol–water partition coefficient (Wildman–Crippen LogP) is 1.73. The molecule has 1 unspecified atom stereocenters. The van der Waals surface area contributed by atoms with Crippen LogP contribution in [0, 0.1) is 0 Å². The van der Waals surface area contributed by atoms with Gasteiger partial charge in [0.05, 0.1) is 17.5 Å². The number of hydrogen-bond acceptors (Lipinski definition) is 3. The predicted molar refractivity (Wildman–Crippen MR) is 74.8 cm³/mol. The van der Waals surface area contributed by atoms with Crippen molar-refractivity contribution < 1.29 is 5.11 Å². The number of hydrogen-bond donors (Lipinski definition) is 3. The van der Waals surface area contributed by atoms with Crippen LogP contribution in [0.25, 0.3) is 11.3 Å². The molecule has 1 aliphatic rings. The van der Waals surface area contributed by atoms with Crippen molar-refractivity contribution in [3.63, 3.8) is 0 Å². The van der Waals surface area contributed by atoms with E-state index in [-0.39, 0.29) is 0 Å². The van der Waals surface area contributed by atoms with Crippen molar-refractivity contribution in [3.8, 4) is 11.3 Å². The Kier molecular flexibility index (Phi) is 3.36. The molecule has 1 aromatic carbocycles. The molecule has 1 aliphatic heterocycles. The standard InChI is InChI=1S/C15H19N3O/c19-15(7-4-8-16-11-15)9-13-10-17-18-14(13)12-5-2-1-3-6-12/h1-3,5-6,10,16,19H,4,7-9,11H2,(H,17,18). The molecule has 0 spiro atoms. The molecule has 3 rings (SSSR count). The second-order valence-electron chi connectivity index (χ2n) is 5.32. The highest BCUT2D eigenvalue weighted by Gasteiger charge is 2.30. The molecule has 2 heterocycles. The Morgan fingerprint density at radius 3 is 2.84 bits per heavy atom. The molecule has 100 valence electrons. The molecule has 0 saturated carbocycles. The third kappa shape index (κ3) is 2.69. The fourth-order valence-electron chi connectivity index (χ4n) is 2.76. The van der Waals surface area contributed by atoms with Crippen molar-refractivity contribution in [2.75, 3.05) is 13.1 Å². The third-order valence-corrected chi connectivity index (χ3v) is 3.75. The number of nitrogens with one attached hydrogen (secondary N) is 2. The molecule has 0 bridgehead atoms. The van der Waals surface area contributed by atoms with Crippen molar-refractivity contribution in [1.29, 1.82) is 0 Å². The summed E-state index contributed by atoms with van der Waals surface area (Å²) in [6.07, 6.45) is 4.34. The van der Waals surface area contributed by atoms with E-state index in [1.54, 1.807) is 0 Å². The first kappa shape index (κ1) is 12.4. The van der Waals surface area contributed by atoms with Crippen LogP contribution in [-0.4, -0.2) is 34.0 Å². The second-order valence-corrected chi connectivity index (χ2v) is 5.32. The molecule has 1 saturated heterocycles. The summed E-state index contributed by atoms with van der Waals surface area (Å²) in [5.41, 5.74) is 2.56. The molecule has 1 aromatic heterocycles. The van der Waals surface area contributed by atoms with Crippen LogP contribution in [0.4, 0.5) is 0 Å². The Hall–Kier alpha value is -1.65. The number of piperidine rings is 1. The summed E-state index contributed by atoms with van der Waals surface area (Å²) in [4.78, 5) is 0. The van der Waals surface area contributed by atoms with Gasteiger partial charge in [-0.3, -0.25) is 5.10 Å². The molecular formula is C15H19N3O. The first-order valence-corrected chi connectivity index (χ1v) is 6.78. The van der Waals surface area contributed by atoms with Crippen LogP contribution in [0.2, 0.25) is 0 Å². The molecule has 0 aliphatic carbocycles. The largest absolute Gasteiger partial charge is 0.388 e. The van der Waals surface area contributed by atoms with E-state index in [0.717, 1.165) is 36.2 Å². The van der Waals surface area contributed by atoms with Gasteiger partial charge in [-0.25, -0.2) is 0 Å². The Morgan fingerprint density at radius 1 is 1.26 bits per heavy atom. The molecule has 1 fully saturated rings. The van der Waals surface area contributed by atoms with Gasteiger partial charge in [0.1, 0.15) is 0 Å². The van der Waals surface area contributed by atoms with Gasteiger partial charge in [0, 0.05) is 18.5 Å². The Morgan fingerprint density at radius 2 is 2.11 bits per heavy atom. The van der Waals surface area contributed by atoms with E-state index in [2.05, 4.69) is 27.6 Å². The molecule has 1 atom stereocenters. The number of benzene rings is 1. The average Bonchev–Trinajstić information content (AvgIpc) is 2.88. The summed E-state index contributed by atoms with van der Waals surface area (Å²) in [6.45, 7) is 1.66. The quantitative estimate of drug-likeness (QED) is 0.785. The fourth-order valence-corrected chi connectivity index (χ4v) is 2.76. The van der Waals surface area contributed by atoms with Gasteiger partial charge in [0.25, 0.3) is 0 Å². The van der Waals surface area contributed by atoms with E-state index in [4.69, 9.17) is 0 Å². The maximum absolute atomic E-state index is 10.6. The van der Waals surface area contributed by atoms with Crippen molar-refractivity contribution in [2.45, 2.75) is 24.9 Å². The lowest BCUT2D eigenvalue weighted by Crippen LogP contribution is -2.47. The van der Waals surface area contributed by atoms with E-state index in [0.29, 0.717) is 13.0 Å². The van der Waals surface area contributed by atoms with Gasteiger partial charge in [-0.2, -0.15) is 5.10 Å². The van der Waals surface area contributed by atoms with Crippen molar-refractivity contribution in [2.24, 2.45) is 0 Å². The van der Waals surface area contributed by atoms with Gasteiger partial charge in [-0.1, -0.05) is 30.3 Å². The first-order valence-electron chi connectivity index (χ1n) is 6.78. The van der Waals surface area contributed by atoms with Crippen LogP contribution in [0.5, 0.6) is 0 Å². The highest BCUT2D eigenvalue weighted by Crippen LogP contribution is 2.27. The summed E-state index contributed by atoms with van der Waals surface area (Å²) in [6, 6.07) is 10.1. The number of nitrogens with zero attached hydrogens (tertiary/aromatic N) is 1. The minimum atomic E-state index is -0.647. The van der Waals surface area contributed by atoms with E-state index < -0.39 is 5.60 Å². The minimum Gasteiger partial charge on any atom is -0.388 e. The SMILES string of the molecule is OC1(Cc2cn[nH]c2-c2ccccc2)CCCNC1. The number of β-amino-alcohol motifs (C(OH)–C–C–N with tert-alkyl or cyclic N) is 1. The zero-order valence-electron chi connectivity index (χ0n) is 10.9. The third-order valence-electron chi connectivity index (χ3n) is 3.75. The molecular weight excluding hydrogens is 238 g/mol. The maximum Gasteiger partial charge on any atom is 0.0813 e. The molecule has 4 nitrogen and oxygen atoms in total. The summed E-state index contributed by atoms with van der Waals surface area (Å²) in [5, 5.41) is 21.1. The van der Waals surface area contributed by atoms with Gasteiger partial charge < -0.3 is 10.4 Å². The summed E-state index contributed by atoms with van der Waals surface area (Å²) in [5.74, 6) is 0. The molecule has 3 N–H and O–H groups in total. The van der Waals surface area contributed by atoms with E-state index in [9.17, 15) is 5.11 Å². The highest BCUT2D eigenvalue weighted by atomic mass is 16.3. The number of rotatable bonds is 3. The lowest BCUT2D eigenvalue weighted by atomic mass is 9.87. The van der Waals surface area contributed by atoms with E-state index in [1.807, 2.05) is 24.4 Å². The fraction of sp³-hybridized carbons (Fsp3) is 0.400. The smallest absolute Gasteiger partial charge is 0.0813 e. The van der Waals surface area contributed by atoms with E-state index >= 15 is 0 Å². The van der Waals surface area contributed by atoms with Crippen LogP contribution in [0.15, 0.2) is 36.5 Å². The minimum absolute atomic E-state index is 0.640. The summed E-state index contributed by atoms with van der Waals surface area (Å²) < 4.78 is 0. The Labute approximate surface area is 112 Å². The zero-order chi connectivity index (χ0) is 13.1. The molecule has 4 heteroatoms. The number of aliphatic hydroxyl groups is 1. The van der Waals surface area contributed by atoms with Gasteiger partial charge in [-0.15, -0.1) is 0 Å². The van der Waals surface area contributed by atoms with Gasteiger partial charge in [0.2, 0.25) is 0 Å². The van der Waals surface area contributed by atoms with Crippen LogP contribution in [0.1, 0.15) is 18.4 Å².